The summed E-state index contributed by atoms with van der Waals surface area (Å²) in [5.74, 6) is 0.242. The fraction of sp³-hybridized carbons (Fsp3) is 0.385. The van der Waals surface area contributed by atoms with Gasteiger partial charge in [-0.2, -0.15) is 0 Å². The van der Waals surface area contributed by atoms with Gasteiger partial charge < -0.3 is 20.6 Å². The number of thiophene rings is 1. The molecular weight excluding hydrogens is 434 g/mol. The van der Waals surface area contributed by atoms with Crippen molar-refractivity contribution in [3.8, 4) is 5.75 Å². The fourth-order valence-electron chi connectivity index (χ4n) is 4.30. The Morgan fingerprint density at radius 3 is 2.55 bits per heavy atom. The van der Waals surface area contributed by atoms with E-state index in [4.69, 9.17) is 0 Å². The lowest BCUT2D eigenvalue weighted by Gasteiger charge is -2.26. The van der Waals surface area contributed by atoms with Crippen LogP contribution in [0, 0.1) is 0 Å². The fourth-order valence-corrected chi connectivity index (χ4v) is 5.37. The van der Waals surface area contributed by atoms with Gasteiger partial charge in [0.05, 0.1) is 0 Å². The number of aryl methyl sites for hydroxylation is 1. The van der Waals surface area contributed by atoms with Crippen LogP contribution in [-0.4, -0.2) is 42.7 Å². The minimum Gasteiger partial charge on any atom is -0.508 e. The third-order valence-corrected chi connectivity index (χ3v) is 7.40. The molecule has 174 valence electrons. The summed E-state index contributed by atoms with van der Waals surface area (Å²) in [5.41, 5.74) is 3.59. The average molecular weight is 466 g/mol. The van der Waals surface area contributed by atoms with Gasteiger partial charge in [0, 0.05) is 23.5 Å². The molecule has 1 aliphatic carbocycles. The van der Waals surface area contributed by atoms with E-state index in [-0.39, 0.29) is 17.8 Å². The Labute approximate surface area is 198 Å². The van der Waals surface area contributed by atoms with Crippen LogP contribution in [0.5, 0.6) is 5.75 Å². The standard InChI is InChI=1S/C26H31N3O3S/c1-16(12-18-15-33-22-7-5-4-6-21(18)22)28-24-23(25(31)26(24)32)27-14-19(29(2)3)13-17-8-10-20(30)11-9-17/h4,6,8-11,15-16,19,27-28,30H,5,7,12-14H2,1-3H3. The second-order valence-corrected chi connectivity index (χ2v) is 10.0. The maximum Gasteiger partial charge on any atom is 0.253 e. The zero-order valence-corrected chi connectivity index (χ0v) is 20.2. The van der Waals surface area contributed by atoms with E-state index in [2.05, 4.69) is 33.1 Å². The monoisotopic (exact) mass is 465 g/mol. The number of likely N-dealkylation sites (N-methyl/N-ethyl adjacent to an activating group) is 1. The molecule has 4 rings (SSSR count). The number of hydrogen-bond donors (Lipinski definition) is 3. The predicted octanol–water partition coefficient (Wildman–Crippen LogP) is 3.64. The molecule has 3 aromatic rings. The summed E-state index contributed by atoms with van der Waals surface area (Å²) < 4.78 is 0. The molecule has 1 heterocycles. The second kappa shape index (κ2) is 9.93. The highest BCUT2D eigenvalue weighted by Gasteiger charge is 2.24. The number of benzene rings is 1. The molecule has 0 radical (unpaired) electrons. The lowest BCUT2D eigenvalue weighted by Crippen LogP contribution is -2.43. The number of hydrogen-bond acceptors (Lipinski definition) is 7. The molecule has 1 aromatic heterocycles. The number of anilines is 2. The average Bonchev–Trinajstić information content (AvgIpc) is 3.21. The molecule has 0 saturated heterocycles. The van der Waals surface area contributed by atoms with E-state index in [1.165, 1.54) is 16.0 Å². The quantitative estimate of drug-likeness (QED) is 0.397. The van der Waals surface area contributed by atoms with E-state index in [1.807, 2.05) is 33.2 Å². The summed E-state index contributed by atoms with van der Waals surface area (Å²) in [4.78, 5) is 28.1. The summed E-state index contributed by atoms with van der Waals surface area (Å²) >= 11 is 1.81. The number of nitrogens with one attached hydrogen (secondary N) is 2. The zero-order chi connectivity index (χ0) is 23.5. The van der Waals surface area contributed by atoms with Crippen LogP contribution in [0.4, 0.5) is 11.4 Å². The van der Waals surface area contributed by atoms with Crippen molar-refractivity contribution < 1.29 is 5.11 Å². The van der Waals surface area contributed by atoms with Crippen LogP contribution in [0.2, 0.25) is 0 Å². The van der Waals surface area contributed by atoms with Crippen molar-refractivity contribution in [1.82, 2.24) is 4.90 Å². The molecular formula is C26H31N3O3S. The first-order valence-electron chi connectivity index (χ1n) is 11.4. The Balaban J connectivity index is 1.39. The normalized spacial score (nSPS) is 14.9. The number of nitrogens with zero attached hydrogens (tertiary/aromatic N) is 1. The molecule has 0 fully saturated rings. The molecule has 3 N–H and O–H groups in total. The Morgan fingerprint density at radius 1 is 1.09 bits per heavy atom. The first-order valence-corrected chi connectivity index (χ1v) is 12.2. The molecule has 2 aromatic carbocycles. The maximum absolute atomic E-state index is 12.3. The molecule has 0 saturated carbocycles. The molecule has 2 unspecified atom stereocenters. The van der Waals surface area contributed by atoms with Crippen molar-refractivity contribution in [2.75, 3.05) is 31.3 Å². The summed E-state index contributed by atoms with van der Waals surface area (Å²) in [6.07, 6.45) is 8.18. The van der Waals surface area contributed by atoms with Crippen LogP contribution in [-0.2, 0) is 19.3 Å². The highest BCUT2D eigenvalue weighted by atomic mass is 32.1. The van der Waals surface area contributed by atoms with Gasteiger partial charge in [-0.3, -0.25) is 9.59 Å². The van der Waals surface area contributed by atoms with Gasteiger partial charge in [-0.25, -0.2) is 0 Å². The highest BCUT2D eigenvalue weighted by molar-refractivity contribution is 7.10. The van der Waals surface area contributed by atoms with E-state index < -0.39 is 10.9 Å². The molecule has 7 heteroatoms. The SMILES string of the molecule is CC(Cc1csc2c1C=CCC2)Nc1c(NCC(Cc2ccc(O)cc2)N(C)C)c(=O)c1=O. The third kappa shape index (κ3) is 5.20. The number of allylic oxidation sites excluding steroid dienone is 1. The number of aromatic hydroxyl groups is 1. The Morgan fingerprint density at radius 2 is 1.82 bits per heavy atom. The van der Waals surface area contributed by atoms with Gasteiger partial charge in [0.2, 0.25) is 0 Å². The van der Waals surface area contributed by atoms with Gasteiger partial charge in [-0.15, -0.1) is 11.3 Å². The summed E-state index contributed by atoms with van der Waals surface area (Å²) in [7, 11) is 3.98. The van der Waals surface area contributed by atoms with E-state index in [1.54, 1.807) is 23.5 Å². The van der Waals surface area contributed by atoms with E-state index >= 15 is 0 Å². The molecule has 1 aliphatic rings. The lowest BCUT2D eigenvalue weighted by atomic mass is 9.98. The number of phenolic OH excluding ortho intramolecular Hbond substituents is 1. The van der Waals surface area contributed by atoms with Crippen molar-refractivity contribution in [3.05, 3.63) is 77.7 Å². The van der Waals surface area contributed by atoms with Gasteiger partial charge in [-0.05, 0) is 80.9 Å². The van der Waals surface area contributed by atoms with Crippen molar-refractivity contribution in [3.63, 3.8) is 0 Å². The number of rotatable bonds is 10. The minimum atomic E-state index is -0.456. The van der Waals surface area contributed by atoms with Crippen LogP contribution in [0.3, 0.4) is 0 Å². The molecule has 0 bridgehead atoms. The van der Waals surface area contributed by atoms with Crippen molar-refractivity contribution in [2.45, 2.75) is 44.7 Å². The number of phenols is 1. The lowest BCUT2D eigenvalue weighted by molar-refractivity contribution is 0.303. The van der Waals surface area contributed by atoms with E-state index in [0.29, 0.717) is 17.9 Å². The summed E-state index contributed by atoms with van der Waals surface area (Å²) in [6, 6.07) is 7.30. The van der Waals surface area contributed by atoms with Crippen molar-refractivity contribution in [1.29, 1.82) is 0 Å². The van der Waals surface area contributed by atoms with Gasteiger partial charge in [-0.1, -0.05) is 24.3 Å². The van der Waals surface area contributed by atoms with Crippen LogP contribution >= 0.6 is 11.3 Å². The summed E-state index contributed by atoms with van der Waals surface area (Å²) in [6.45, 7) is 2.58. The van der Waals surface area contributed by atoms with Crippen LogP contribution in [0.15, 0.2) is 45.3 Å². The van der Waals surface area contributed by atoms with E-state index in [9.17, 15) is 14.7 Å². The molecule has 33 heavy (non-hydrogen) atoms. The van der Waals surface area contributed by atoms with Crippen molar-refractivity contribution in [2.24, 2.45) is 0 Å². The Hall–Kier alpha value is -2.90. The van der Waals surface area contributed by atoms with Gasteiger partial charge in [0.15, 0.2) is 0 Å². The second-order valence-electron chi connectivity index (χ2n) is 9.07. The van der Waals surface area contributed by atoms with Crippen molar-refractivity contribution >= 4 is 28.8 Å². The Kier molecular flexibility index (Phi) is 7.00. The summed E-state index contributed by atoms with van der Waals surface area (Å²) in [5, 5.41) is 18.2. The highest BCUT2D eigenvalue weighted by Crippen LogP contribution is 2.30. The van der Waals surface area contributed by atoms with Crippen LogP contribution < -0.4 is 21.5 Å². The number of fused-ring (bicyclic) bond motifs is 1. The van der Waals surface area contributed by atoms with Gasteiger partial charge in [0.25, 0.3) is 10.9 Å². The minimum absolute atomic E-state index is 0.0320. The maximum atomic E-state index is 12.3. The van der Waals surface area contributed by atoms with Crippen LogP contribution in [0.25, 0.3) is 6.08 Å². The van der Waals surface area contributed by atoms with Gasteiger partial charge >= 0.3 is 0 Å². The largest absolute Gasteiger partial charge is 0.508 e. The molecule has 0 spiro atoms. The van der Waals surface area contributed by atoms with E-state index in [0.717, 1.165) is 31.2 Å². The first kappa shape index (κ1) is 23.3. The topological polar surface area (TPSA) is 81.7 Å². The molecule has 2 atom stereocenters. The zero-order valence-electron chi connectivity index (χ0n) is 19.4. The molecule has 0 amide bonds. The third-order valence-electron chi connectivity index (χ3n) is 6.29. The smallest absolute Gasteiger partial charge is 0.253 e. The van der Waals surface area contributed by atoms with Gasteiger partial charge in [0.1, 0.15) is 17.1 Å². The predicted molar refractivity (Wildman–Crippen MR) is 138 cm³/mol. The molecule has 0 aliphatic heterocycles. The van der Waals surface area contributed by atoms with Crippen LogP contribution in [0.1, 0.15) is 34.9 Å². The first-order chi connectivity index (χ1) is 15.8. The Bertz CT molecular complexity index is 1200. The molecule has 6 nitrogen and oxygen atoms in total.